The lowest BCUT2D eigenvalue weighted by Crippen LogP contribution is -2.32. The fourth-order valence-corrected chi connectivity index (χ4v) is 1.47. The summed E-state index contributed by atoms with van der Waals surface area (Å²) in [5.74, 6) is 0.692. The van der Waals surface area contributed by atoms with Crippen molar-refractivity contribution in [1.82, 2.24) is 15.5 Å². The highest BCUT2D eigenvalue weighted by atomic mass is 15.1. The number of aromatic amines is 1. The molecule has 1 aromatic heterocycles. The van der Waals surface area contributed by atoms with Crippen molar-refractivity contribution in [1.29, 1.82) is 0 Å². The lowest BCUT2D eigenvalue weighted by molar-refractivity contribution is 0.387. The molecule has 0 spiro atoms. The molecule has 1 heterocycles. The fourth-order valence-electron chi connectivity index (χ4n) is 1.47. The average Bonchev–Trinajstić information content (AvgIpc) is 2.57. The average molecular weight is 181 g/mol. The van der Waals surface area contributed by atoms with Gasteiger partial charge in [0.2, 0.25) is 0 Å². The Morgan fingerprint density at radius 1 is 1.54 bits per heavy atom. The van der Waals surface area contributed by atoms with Gasteiger partial charge in [-0.15, -0.1) is 0 Å². The molecule has 0 aliphatic carbocycles. The van der Waals surface area contributed by atoms with Gasteiger partial charge < -0.3 is 5.32 Å². The largest absolute Gasteiger partial charge is 0.310 e. The third-order valence-corrected chi connectivity index (χ3v) is 2.37. The zero-order valence-electron chi connectivity index (χ0n) is 8.67. The number of H-pyrrole nitrogens is 1. The molecular formula is C10H19N3. The van der Waals surface area contributed by atoms with Crippen molar-refractivity contribution < 1.29 is 0 Å². The summed E-state index contributed by atoms with van der Waals surface area (Å²) in [4.78, 5) is 0. The Labute approximate surface area is 79.9 Å². The van der Waals surface area contributed by atoms with Crippen LogP contribution < -0.4 is 5.32 Å². The summed E-state index contributed by atoms with van der Waals surface area (Å²) < 4.78 is 0. The number of hydrogen-bond acceptors (Lipinski definition) is 2. The molecule has 0 amide bonds. The van der Waals surface area contributed by atoms with Gasteiger partial charge in [-0.1, -0.05) is 20.8 Å². The van der Waals surface area contributed by atoms with Gasteiger partial charge in [0.1, 0.15) is 0 Å². The SMILES string of the molecule is CCC(NCc1cn[nH]c1)C(C)C. The van der Waals surface area contributed by atoms with Gasteiger partial charge in [0, 0.05) is 24.3 Å². The predicted octanol–water partition coefficient (Wildman–Crippen LogP) is 1.93. The summed E-state index contributed by atoms with van der Waals surface area (Å²) in [6.45, 7) is 7.62. The molecular weight excluding hydrogens is 162 g/mol. The van der Waals surface area contributed by atoms with Crippen LogP contribution >= 0.6 is 0 Å². The Hall–Kier alpha value is -0.830. The maximum Gasteiger partial charge on any atom is 0.0532 e. The van der Waals surface area contributed by atoms with Crippen LogP contribution in [0.3, 0.4) is 0 Å². The Kier molecular flexibility index (Phi) is 3.96. The van der Waals surface area contributed by atoms with Crippen molar-refractivity contribution >= 4 is 0 Å². The molecule has 1 atom stereocenters. The summed E-state index contributed by atoms with van der Waals surface area (Å²) in [6, 6.07) is 0.606. The normalized spacial score (nSPS) is 13.5. The van der Waals surface area contributed by atoms with Crippen LogP contribution in [-0.4, -0.2) is 16.2 Å². The van der Waals surface area contributed by atoms with E-state index in [1.807, 2.05) is 12.4 Å². The van der Waals surface area contributed by atoms with Gasteiger partial charge in [0.05, 0.1) is 6.20 Å². The van der Waals surface area contributed by atoms with Crippen LogP contribution in [0.1, 0.15) is 32.8 Å². The van der Waals surface area contributed by atoms with Crippen molar-refractivity contribution in [3.8, 4) is 0 Å². The van der Waals surface area contributed by atoms with E-state index in [-0.39, 0.29) is 0 Å². The summed E-state index contributed by atoms with van der Waals surface area (Å²) in [5, 5.41) is 10.2. The predicted molar refractivity (Wildman–Crippen MR) is 54.3 cm³/mol. The summed E-state index contributed by atoms with van der Waals surface area (Å²) in [6.07, 6.45) is 4.97. The van der Waals surface area contributed by atoms with E-state index in [1.54, 1.807) is 0 Å². The Morgan fingerprint density at radius 3 is 2.77 bits per heavy atom. The molecule has 0 saturated carbocycles. The molecule has 0 radical (unpaired) electrons. The van der Waals surface area contributed by atoms with Crippen LogP contribution in [-0.2, 0) is 6.54 Å². The smallest absolute Gasteiger partial charge is 0.0532 e. The Balaban J connectivity index is 2.32. The van der Waals surface area contributed by atoms with Crippen molar-refractivity contribution in [2.45, 2.75) is 39.8 Å². The molecule has 13 heavy (non-hydrogen) atoms. The zero-order valence-corrected chi connectivity index (χ0v) is 8.67. The first-order valence-corrected chi connectivity index (χ1v) is 4.95. The van der Waals surface area contributed by atoms with Crippen LogP contribution in [0.4, 0.5) is 0 Å². The number of rotatable bonds is 5. The maximum absolute atomic E-state index is 3.91. The number of nitrogens with zero attached hydrogens (tertiary/aromatic N) is 1. The Morgan fingerprint density at radius 2 is 2.31 bits per heavy atom. The molecule has 2 N–H and O–H groups in total. The monoisotopic (exact) mass is 181 g/mol. The van der Waals surface area contributed by atoms with Crippen molar-refractivity contribution in [3.05, 3.63) is 18.0 Å². The first-order chi connectivity index (χ1) is 6.24. The molecule has 0 bridgehead atoms. The molecule has 1 rings (SSSR count). The number of aromatic nitrogens is 2. The van der Waals surface area contributed by atoms with Gasteiger partial charge in [-0.05, 0) is 12.3 Å². The van der Waals surface area contributed by atoms with Crippen LogP contribution in [0.15, 0.2) is 12.4 Å². The molecule has 0 aliphatic rings. The molecule has 0 aliphatic heterocycles. The van der Waals surface area contributed by atoms with E-state index in [0.29, 0.717) is 12.0 Å². The van der Waals surface area contributed by atoms with Crippen LogP contribution in [0, 0.1) is 5.92 Å². The second kappa shape index (κ2) is 5.02. The minimum atomic E-state index is 0.606. The second-order valence-corrected chi connectivity index (χ2v) is 3.75. The Bertz CT molecular complexity index is 216. The van der Waals surface area contributed by atoms with Crippen LogP contribution in [0.25, 0.3) is 0 Å². The minimum Gasteiger partial charge on any atom is -0.310 e. The highest BCUT2D eigenvalue weighted by Gasteiger charge is 2.09. The van der Waals surface area contributed by atoms with E-state index in [1.165, 1.54) is 12.0 Å². The molecule has 0 fully saturated rings. The summed E-state index contributed by atoms with van der Waals surface area (Å²) in [7, 11) is 0. The lowest BCUT2D eigenvalue weighted by Gasteiger charge is -2.20. The summed E-state index contributed by atoms with van der Waals surface area (Å²) in [5.41, 5.74) is 1.22. The maximum atomic E-state index is 3.91. The van der Waals surface area contributed by atoms with E-state index in [2.05, 4.69) is 36.3 Å². The third-order valence-electron chi connectivity index (χ3n) is 2.37. The first-order valence-electron chi connectivity index (χ1n) is 4.95. The van der Waals surface area contributed by atoms with Gasteiger partial charge >= 0.3 is 0 Å². The lowest BCUT2D eigenvalue weighted by atomic mass is 10.0. The van der Waals surface area contributed by atoms with E-state index >= 15 is 0 Å². The number of hydrogen-bond donors (Lipinski definition) is 2. The quantitative estimate of drug-likeness (QED) is 0.728. The van der Waals surface area contributed by atoms with Crippen LogP contribution in [0.5, 0.6) is 0 Å². The second-order valence-electron chi connectivity index (χ2n) is 3.75. The molecule has 74 valence electrons. The van der Waals surface area contributed by atoms with E-state index in [4.69, 9.17) is 0 Å². The topological polar surface area (TPSA) is 40.7 Å². The fraction of sp³-hybridized carbons (Fsp3) is 0.700. The van der Waals surface area contributed by atoms with Crippen molar-refractivity contribution in [2.24, 2.45) is 5.92 Å². The minimum absolute atomic E-state index is 0.606. The highest BCUT2D eigenvalue weighted by molar-refractivity contribution is 5.01. The van der Waals surface area contributed by atoms with Gasteiger partial charge in [-0.3, -0.25) is 5.10 Å². The van der Waals surface area contributed by atoms with E-state index < -0.39 is 0 Å². The zero-order chi connectivity index (χ0) is 9.68. The van der Waals surface area contributed by atoms with E-state index in [9.17, 15) is 0 Å². The van der Waals surface area contributed by atoms with Gasteiger partial charge in [-0.25, -0.2) is 0 Å². The van der Waals surface area contributed by atoms with Gasteiger partial charge in [0.15, 0.2) is 0 Å². The van der Waals surface area contributed by atoms with Gasteiger partial charge in [0.25, 0.3) is 0 Å². The van der Waals surface area contributed by atoms with Crippen molar-refractivity contribution in [3.63, 3.8) is 0 Å². The molecule has 3 heteroatoms. The van der Waals surface area contributed by atoms with Gasteiger partial charge in [-0.2, -0.15) is 5.10 Å². The molecule has 1 unspecified atom stereocenters. The summed E-state index contributed by atoms with van der Waals surface area (Å²) >= 11 is 0. The highest BCUT2D eigenvalue weighted by Crippen LogP contribution is 2.06. The third kappa shape index (κ3) is 3.19. The van der Waals surface area contributed by atoms with Crippen LogP contribution in [0.2, 0.25) is 0 Å². The first kappa shape index (κ1) is 10.3. The van der Waals surface area contributed by atoms with Crippen molar-refractivity contribution in [2.75, 3.05) is 0 Å². The number of nitrogens with one attached hydrogen (secondary N) is 2. The van der Waals surface area contributed by atoms with E-state index in [0.717, 1.165) is 6.54 Å². The molecule has 0 aromatic carbocycles. The molecule has 1 aromatic rings. The molecule has 3 nitrogen and oxygen atoms in total. The molecule has 0 saturated heterocycles. The standard InChI is InChI=1S/C10H19N3/c1-4-10(8(2)3)11-5-9-6-12-13-7-9/h6-8,10-11H,4-5H2,1-3H3,(H,12,13).